The number of aromatic amines is 2. The van der Waals surface area contributed by atoms with Crippen molar-refractivity contribution in [1.82, 2.24) is 30.1 Å². The quantitative estimate of drug-likeness (QED) is 0.373. The zero-order valence-electron chi connectivity index (χ0n) is 17.4. The molecule has 7 nitrogen and oxygen atoms in total. The molecule has 0 unspecified atom stereocenters. The van der Waals surface area contributed by atoms with E-state index in [1.807, 2.05) is 30.5 Å². The van der Waals surface area contributed by atoms with Crippen LogP contribution in [0.5, 0.6) is 5.75 Å². The Bertz CT molecular complexity index is 1600. The van der Waals surface area contributed by atoms with Crippen LogP contribution >= 0.6 is 11.3 Å². The van der Waals surface area contributed by atoms with E-state index in [1.54, 1.807) is 30.8 Å². The SMILES string of the molecule is COc1cncc(-c2ccc3[nH]nc(-c4cc5c(-c6ccc(C)s6)nccc5[nH]4)c3n2)c1. The van der Waals surface area contributed by atoms with Gasteiger partial charge in [0.1, 0.15) is 17.0 Å². The number of H-pyrrole nitrogens is 2. The molecule has 156 valence electrons. The topological polar surface area (TPSA) is 92.4 Å². The van der Waals surface area contributed by atoms with Gasteiger partial charge >= 0.3 is 0 Å². The van der Waals surface area contributed by atoms with Gasteiger partial charge in [0.05, 0.1) is 40.8 Å². The van der Waals surface area contributed by atoms with Crippen molar-refractivity contribution < 1.29 is 4.74 Å². The molecule has 2 N–H and O–H groups in total. The maximum atomic E-state index is 5.31. The van der Waals surface area contributed by atoms with Gasteiger partial charge in [0, 0.05) is 33.7 Å². The number of fused-ring (bicyclic) bond motifs is 2. The van der Waals surface area contributed by atoms with E-state index in [1.165, 1.54) is 4.88 Å². The van der Waals surface area contributed by atoms with Crippen molar-refractivity contribution in [3.05, 3.63) is 65.9 Å². The number of nitrogens with one attached hydrogen (secondary N) is 2. The molecule has 6 aromatic rings. The number of methoxy groups -OCH3 is 1. The molecule has 0 saturated heterocycles. The number of rotatable bonds is 4. The molecule has 0 aliphatic carbocycles. The lowest BCUT2D eigenvalue weighted by molar-refractivity contribution is 0.413. The highest BCUT2D eigenvalue weighted by Crippen LogP contribution is 2.35. The van der Waals surface area contributed by atoms with E-state index in [2.05, 4.69) is 50.3 Å². The highest BCUT2D eigenvalue weighted by Gasteiger charge is 2.16. The number of hydrogen-bond donors (Lipinski definition) is 2. The van der Waals surface area contributed by atoms with Crippen LogP contribution in [0.2, 0.25) is 0 Å². The van der Waals surface area contributed by atoms with Crippen LogP contribution in [-0.2, 0) is 0 Å². The van der Waals surface area contributed by atoms with Crippen molar-refractivity contribution in [3.63, 3.8) is 0 Å². The predicted molar refractivity (Wildman–Crippen MR) is 127 cm³/mol. The monoisotopic (exact) mass is 438 g/mol. The zero-order valence-corrected chi connectivity index (χ0v) is 18.2. The molecule has 0 fully saturated rings. The Labute approximate surface area is 187 Å². The molecule has 6 heterocycles. The van der Waals surface area contributed by atoms with Crippen LogP contribution in [0.3, 0.4) is 0 Å². The van der Waals surface area contributed by atoms with E-state index in [4.69, 9.17) is 9.72 Å². The molecule has 8 heteroatoms. The van der Waals surface area contributed by atoms with Gasteiger partial charge in [-0.25, -0.2) is 4.98 Å². The van der Waals surface area contributed by atoms with E-state index in [0.717, 1.165) is 55.2 Å². The first-order valence-electron chi connectivity index (χ1n) is 10.1. The molecule has 0 saturated carbocycles. The maximum absolute atomic E-state index is 5.31. The first-order valence-corrected chi connectivity index (χ1v) is 10.9. The Hall–Kier alpha value is -4.04. The van der Waals surface area contributed by atoms with Crippen molar-refractivity contribution >= 4 is 33.3 Å². The molecule has 6 rings (SSSR count). The Kier molecular flexibility index (Phi) is 4.26. The van der Waals surface area contributed by atoms with E-state index in [9.17, 15) is 0 Å². The average Bonchev–Trinajstić information content (AvgIpc) is 3.55. The van der Waals surface area contributed by atoms with E-state index < -0.39 is 0 Å². The summed E-state index contributed by atoms with van der Waals surface area (Å²) < 4.78 is 5.31. The van der Waals surface area contributed by atoms with E-state index in [-0.39, 0.29) is 0 Å². The summed E-state index contributed by atoms with van der Waals surface area (Å²) in [4.78, 5) is 19.7. The van der Waals surface area contributed by atoms with Gasteiger partial charge in [-0.1, -0.05) is 0 Å². The lowest BCUT2D eigenvalue weighted by atomic mass is 10.1. The van der Waals surface area contributed by atoms with Crippen molar-refractivity contribution in [3.8, 4) is 39.0 Å². The fraction of sp³-hybridized carbons (Fsp3) is 0.0833. The minimum absolute atomic E-state index is 0.691. The molecular weight excluding hydrogens is 420 g/mol. The summed E-state index contributed by atoms with van der Waals surface area (Å²) in [6, 6.07) is 14.2. The molecule has 0 bridgehead atoms. The summed E-state index contributed by atoms with van der Waals surface area (Å²) in [5.41, 5.74) is 6.99. The van der Waals surface area contributed by atoms with E-state index >= 15 is 0 Å². The minimum Gasteiger partial charge on any atom is -0.495 e. The van der Waals surface area contributed by atoms with Crippen LogP contribution in [0, 0.1) is 6.92 Å². The molecule has 6 aromatic heterocycles. The number of hydrogen-bond acceptors (Lipinski definition) is 6. The molecule has 0 aromatic carbocycles. The Morgan fingerprint density at radius 1 is 0.969 bits per heavy atom. The summed E-state index contributed by atoms with van der Waals surface area (Å²) in [7, 11) is 1.63. The number of aryl methyl sites for hydroxylation is 1. The first-order chi connectivity index (χ1) is 15.7. The highest BCUT2D eigenvalue weighted by atomic mass is 32.1. The summed E-state index contributed by atoms with van der Waals surface area (Å²) in [5.74, 6) is 0.691. The Balaban J connectivity index is 1.49. The van der Waals surface area contributed by atoms with Crippen molar-refractivity contribution in [2.24, 2.45) is 0 Å². The van der Waals surface area contributed by atoms with Crippen molar-refractivity contribution in [1.29, 1.82) is 0 Å². The second-order valence-corrected chi connectivity index (χ2v) is 8.78. The lowest BCUT2D eigenvalue weighted by Gasteiger charge is -2.04. The van der Waals surface area contributed by atoms with E-state index in [0.29, 0.717) is 5.75 Å². The standard InChI is InChI=1S/C24H18N6OS/c1-13-3-6-21(32-13)22-16-10-20(27-18(16)7-8-26-22)24-23-19(29-30-24)5-4-17(28-23)14-9-15(31-2)12-25-11-14/h3-12,27H,1-2H3,(H,29,30). The second-order valence-electron chi connectivity index (χ2n) is 7.49. The van der Waals surface area contributed by atoms with Gasteiger partial charge in [-0.3, -0.25) is 15.1 Å². The molecule has 0 amide bonds. The summed E-state index contributed by atoms with van der Waals surface area (Å²) in [6.45, 7) is 2.10. The smallest absolute Gasteiger partial charge is 0.137 e. The average molecular weight is 439 g/mol. The second kappa shape index (κ2) is 7.28. The number of ether oxygens (including phenoxy) is 1. The number of pyridine rings is 3. The van der Waals surface area contributed by atoms with Crippen LogP contribution in [0.25, 0.3) is 55.2 Å². The van der Waals surface area contributed by atoms with Crippen LogP contribution in [0.4, 0.5) is 0 Å². The zero-order chi connectivity index (χ0) is 21.7. The van der Waals surface area contributed by atoms with Crippen LogP contribution < -0.4 is 4.74 Å². The largest absolute Gasteiger partial charge is 0.495 e. The third kappa shape index (κ3) is 3.04. The molecule has 0 atom stereocenters. The minimum atomic E-state index is 0.691. The normalized spacial score (nSPS) is 11.4. The Morgan fingerprint density at radius 2 is 1.91 bits per heavy atom. The molecule has 32 heavy (non-hydrogen) atoms. The van der Waals surface area contributed by atoms with Gasteiger partial charge in [-0.15, -0.1) is 11.3 Å². The number of thiophene rings is 1. The van der Waals surface area contributed by atoms with Crippen LogP contribution in [0.1, 0.15) is 4.88 Å². The van der Waals surface area contributed by atoms with Gasteiger partial charge in [-0.2, -0.15) is 5.10 Å². The first kappa shape index (κ1) is 18.7. The van der Waals surface area contributed by atoms with Gasteiger partial charge in [0.15, 0.2) is 0 Å². The third-order valence-electron chi connectivity index (χ3n) is 5.43. The number of aromatic nitrogens is 6. The van der Waals surface area contributed by atoms with Crippen LogP contribution in [0.15, 0.2) is 61.1 Å². The summed E-state index contributed by atoms with van der Waals surface area (Å²) >= 11 is 1.74. The van der Waals surface area contributed by atoms with Gasteiger partial charge in [0.25, 0.3) is 0 Å². The molecule has 0 spiro atoms. The molecule has 0 radical (unpaired) electrons. The summed E-state index contributed by atoms with van der Waals surface area (Å²) in [5, 5.41) is 8.72. The molecular formula is C24H18N6OS. The van der Waals surface area contributed by atoms with Gasteiger partial charge < -0.3 is 9.72 Å². The molecule has 0 aliphatic rings. The third-order valence-corrected chi connectivity index (χ3v) is 6.44. The lowest BCUT2D eigenvalue weighted by Crippen LogP contribution is -1.89. The Morgan fingerprint density at radius 3 is 2.75 bits per heavy atom. The highest BCUT2D eigenvalue weighted by molar-refractivity contribution is 7.15. The molecule has 0 aliphatic heterocycles. The van der Waals surface area contributed by atoms with Crippen LogP contribution in [-0.4, -0.2) is 37.2 Å². The fourth-order valence-corrected chi connectivity index (χ4v) is 4.74. The van der Waals surface area contributed by atoms with Gasteiger partial charge in [-0.05, 0) is 49.4 Å². The summed E-state index contributed by atoms with van der Waals surface area (Å²) in [6.07, 6.45) is 5.29. The maximum Gasteiger partial charge on any atom is 0.137 e. The van der Waals surface area contributed by atoms with Crippen molar-refractivity contribution in [2.45, 2.75) is 6.92 Å². The fourth-order valence-electron chi connectivity index (χ4n) is 3.86. The van der Waals surface area contributed by atoms with Gasteiger partial charge in [0.2, 0.25) is 0 Å². The predicted octanol–water partition coefficient (Wildman–Crippen LogP) is 5.61. The van der Waals surface area contributed by atoms with Crippen molar-refractivity contribution in [2.75, 3.05) is 7.11 Å². The number of nitrogens with zero attached hydrogens (tertiary/aromatic N) is 4.